The maximum absolute atomic E-state index is 12.5. The molecule has 9 nitrogen and oxygen atoms in total. The first kappa shape index (κ1) is 20.7. The molecule has 9 heteroatoms. The van der Waals surface area contributed by atoms with Gasteiger partial charge in [-0.1, -0.05) is 19.9 Å². The number of esters is 1. The number of ether oxygens (including phenoxy) is 1. The van der Waals surface area contributed by atoms with Crippen molar-refractivity contribution in [3.63, 3.8) is 0 Å². The number of nitrogens with two attached hydrogens (primary N) is 1. The molecular weight excluding hydrogens is 366 g/mol. The summed E-state index contributed by atoms with van der Waals surface area (Å²) < 4.78 is 10.3. The molecule has 0 bridgehead atoms. The van der Waals surface area contributed by atoms with E-state index in [2.05, 4.69) is 5.32 Å². The van der Waals surface area contributed by atoms with Crippen LogP contribution in [0.1, 0.15) is 40.3 Å². The van der Waals surface area contributed by atoms with Crippen molar-refractivity contribution in [1.29, 1.82) is 0 Å². The number of nitrogens with one attached hydrogen (secondary N) is 2. The number of urea groups is 1. The molecule has 148 valence electrons. The van der Waals surface area contributed by atoms with Gasteiger partial charge in [0.15, 0.2) is 11.9 Å². The Labute approximate surface area is 161 Å². The number of imide groups is 1. The van der Waals surface area contributed by atoms with E-state index in [1.807, 2.05) is 5.32 Å². The van der Waals surface area contributed by atoms with Crippen LogP contribution in [-0.4, -0.2) is 29.9 Å². The van der Waals surface area contributed by atoms with Crippen molar-refractivity contribution in [3.8, 4) is 0 Å². The number of hydrogen-bond acceptors (Lipinski definition) is 6. The molecule has 0 aliphatic carbocycles. The molecule has 2 rings (SSSR count). The smallest absolute Gasteiger partial charge is 0.338 e. The lowest BCUT2D eigenvalue weighted by Gasteiger charge is -2.20. The standard InChI is InChI=1S/C19H21N3O6/c1-10(2)15(17(24)22-19(20)26)28-18(25)12-7-6-11(3)13(9-12)21-16(23)14-5-4-8-27-14/h4-10,15H,1-3H3,(H,21,23)(H3,20,22,24,26)/t15-/m0/s1. The van der Waals surface area contributed by atoms with E-state index in [0.29, 0.717) is 11.3 Å². The quantitative estimate of drug-likeness (QED) is 0.649. The monoisotopic (exact) mass is 387 g/mol. The molecular formula is C19H21N3O6. The van der Waals surface area contributed by atoms with E-state index in [4.69, 9.17) is 14.9 Å². The highest BCUT2D eigenvalue weighted by Crippen LogP contribution is 2.20. The molecule has 0 saturated heterocycles. The molecule has 4 amide bonds. The number of carbonyl (C=O) groups is 4. The number of aryl methyl sites for hydroxylation is 1. The average Bonchev–Trinajstić information content (AvgIpc) is 3.15. The van der Waals surface area contributed by atoms with Crippen molar-refractivity contribution in [3.05, 3.63) is 53.5 Å². The number of benzene rings is 1. The minimum Gasteiger partial charge on any atom is -0.459 e. The van der Waals surface area contributed by atoms with Gasteiger partial charge in [0.1, 0.15) is 0 Å². The minimum absolute atomic E-state index is 0.121. The van der Waals surface area contributed by atoms with Crippen LogP contribution < -0.4 is 16.4 Å². The van der Waals surface area contributed by atoms with Crippen LogP contribution in [0.4, 0.5) is 10.5 Å². The SMILES string of the molecule is Cc1ccc(C(=O)O[C@H](C(=O)NC(N)=O)C(C)C)cc1NC(=O)c1ccco1. The van der Waals surface area contributed by atoms with E-state index in [9.17, 15) is 19.2 Å². The highest BCUT2D eigenvalue weighted by Gasteiger charge is 2.28. The first-order chi connectivity index (χ1) is 13.2. The predicted octanol–water partition coefficient (Wildman–Crippen LogP) is 2.22. The fourth-order valence-electron chi connectivity index (χ4n) is 2.34. The lowest BCUT2D eigenvalue weighted by Crippen LogP contribution is -2.45. The van der Waals surface area contributed by atoms with E-state index >= 15 is 0 Å². The van der Waals surface area contributed by atoms with Gasteiger partial charge in [-0.2, -0.15) is 0 Å². The number of furan rings is 1. The van der Waals surface area contributed by atoms with Gasteiger partial charge in [-0.15, -0.1) is 0 Å². The normalized spacial score (nSPS) is 11.6. The Bertz CT molecular complexity index is 889. The first-order valence-corrected chi connectivity index (χ1v) is 8.45. The molecule has 4 N–H and O–H groups in total. The molecule has 1 aromatic heterocycles. The van der Waals surface area contributed by atoms with Crippen LogP contribution in [0, 0.1) is 12.8 Å². The van der Waals surface area contributed by atoms with Crippen molar-refractivity contribution < 1.29 is 28.3 Å². The molecule has 1 aromatic carbocycles. The third-order valence-corrected chi connectivity index (χ3v) is 3.81. The minimum atomic E-state index is -1.21. The predicted molar refractivity (Wildman–Crippen MR) is 99.6 cm³/mol. The van der Waals surface area contributed by atoms with Gasteiger partial charge in [0.2, 0.25) is 0 Å². The number of amides is 4. The highest BCUT2D eigenvalue weighted by molar-refractivity contribution is 6.03. The van der Waals surface area contributed by atoms with Gasteiger partial charge in [0.05, 0.1) is 11.8 Å². The molecule has 0 saturated carbocycles. The molecule has 1 atom stereocenters. The fraction of sp³-hybridized carbons (Fsp3) is 0.263. The zero-order chi connectivity index (χ0) is 20.8. The highest BCUT2D eigenvalue weighted by atomic mass is 16.5. The van der Waals surface area contributed by atoms with Crippen molar-refractivity contribution in [2.45, 2.75) is 26.9 Å². The largest absolute Gasteiger partial charge is 0.459 e. The second kappa shape index (κ2) is 8.85. The molecule has 0 aliphatic heterocycles. The van der Waals surface area contributed by atoms with Crippen LogP contribution in [0.2, 0.25) is 0 Å². The topological polar surface area (TPSA) is 141 Å². The Morgan fingerprint density at radius 2 is 1.86 bits per heavy atom. The zero-order valence-corrected chi connectivity index (χ0v) is 15.6. The van der Waals surface area contributed by atoms with Crippen LogP contribution in [0.3, 0.4) is 0 Å². The molecule has 0 unspecified atom stereocenters. The Hall–Kier alpha value is -3.62. The van der Waals surface area contributed by atoms with Gasteiger partial charge >= 0.3 is 12.0 Å². The van der Waals surface area contributed by atoms with E-state index in [-0.39, 0.29) is 11.3 Å². The molecule has 1 heterocycles. The third kappa shape index (κ3) is 5.19. The lowest BCUT2D eigenvalue weighted by molar-refractivity contribution is -0.130. The Balaban J connectivity index is 2.17. The van der Waals surface area contributed by atoms with Crippen LogP contribution in [0.15, 0.2) is 41.0 Å². The summed E-state index contributed by atoms with van der Waals surface area (Å²) in [5.41, 5.74) is 6.16. The summed E-state index contributed by atoms with van der Waals surface area (Å²) in [5, 5.41) is 4.55. The van der Waals surface area contributed by atoms with Crippen molar-refractivity contribution in [2.75, 3.05) is 5.32 Å². The maximum Gasteiger partial charge on any atom is 0.338 e. The number of hydrogen-bond donors (Lipinski definition) is 3. The Kier molecular flexibility index (Phi) is 6.54. The van der Waals surface area contributed by atoms with Crippen molar-refractivity contribution >= 4 is 29.5 Å². The van der Waals surface area contributed by atoms with Gasteiger partial charge in [-0.3, -0.25) is 14.9 Å². The lowest BCUT2D eigenvalue weighted by atomic mass is 10.1. The van der Waals surface area contributed by atoms with Gasteiger partial charge in [-0.25, -0.2) is 9.59 Å². The average molecular weight is 387 g/mol. The summed E-state index contributed by atoms with van der Waals surface area (Å²) in [7, 11) is 0. The number of carbonyl (C=O) groups excluding carboxylic acids is 4. The van der Waals surface area contributed by atoms with E-state index in [1.54, 1.807) is 32.9 Å². The van der Waals surface area contributed by atoms with E-state index < -0.39 is 35.8 Å². The summed E-state index contributed by atoms with van der Waals surface area (Å²) in [5.74, 6) is -2.34. The summed E-state index contributed by atoms with van der Waals surface area (Å²) in [4.78, 5) is 47.5. The molecule has 0 radical (unpaired) electrons. The van der Waals surface area contributed by atoms with Crippen LogP contribution in [0.5, 0.6) is 0 Å². The summed E-state index contributed by atoms with van der Waals surface area (Å²) in [6, 6.07) is 6.62. The van der Waals surface area contributed by atoms with E-state index in [1.165, 1.54) is 24.5 Å². The fourth-order valence-corrected chi connectivity index (χ4v) is 2.34. The molecule has 2 aromatic rings. The Morgan fingerprint density at radius 3 is 2.43 bits per heavy atom. The first-order valence-electron chi connectivity index (χ1n) is 8.45. The third-order valence-electron chi connectivity index (χ3n) is 3.81. The van der Waals surface area contributed by atoms with Crippen molar-refractivity contribution in [2.24, 2.45) is 11.7 Å². The molecule has 0 aliphatic rings. The maximum atomic E-state index is 12.5. The summed E-state index contributed by atoms with van der Waals surface area (Å²) in [6.07, 6.45) is 0.168. The molecule has 0 fully saturated rings. The number of anilines is 1. The van der Waals surface area contributed by atoms with Gasteiger partial charge in [0.25, 0.3) is 11.8 Å². The Morgan fingerprint density at radius 1 is 1.14 bits per heavy atom. The second-order valence-corrected chi connectivity index (χ2v) is 6.38. The van der Waals surface area contributed by atoms with Gasteiger partial charge < -0.3 is 20.2 Å². The summed E-state index contributed by atoms with van der Waals surface area (Å²) >= 11 is 0. The summed E-state index contributed by atoms with van der Waals surface area (Å²) in [6.45, 7) is 5.06. The molecule has 28 heavy (non-hydrogen) atoms. The van der Waals surface area contributed by atoms with Crippen LogP contribution in [0.25, 0.3) is 0 Å². The van der Waals surface area contributed by atoms with Crippen LogP contribution >= 0.6 is 0 Å². The van der Waals surface area contributed by atoms with Crippen molar-refractivity contribution in [1.82, 2.24) is 5.32 Å². The number of rotatable bonds is 6. The molecule has 0 spiro atoms. The van der Waals surface area contributed by atoms with Crippen LogP contribution in [-0.2, 0) is 9.53 Å². The van der Waals surface area contributed by atoms with Gasteiger partial charge in [0, 0.05) is 5.69 Å². The number of primary amides is 1. The van der Waals surface area contributed by atoms with Gasteiger partial charge in [-0.05, 0) is 42.7 Å². The second-order valence-electron chi connectivity index (χ2n) is 6.38. The van der Waals surface area contributed by atoms with E-state index in [0.717, 1.165) is 0 Å². The zero-order valence-electron chi connectivity index (χ0n) is 15.6.